The minimum atomic E-state index is -1.39. The van der Waals surface area contributed by atoms with Gasteiger partial charge >= 0.3 is 11.9 Å². The van der Waals surface area contributed by atoms with Crippen molar-refractivity contribution in [2.75, 3.05) is 28.2 Å². The first-order valence-corrected chi connectivity index (χ1v) is 4.41. The molecule has 1 atom stereocenters. The Labute approximate surface area is 93.1 Å². The summed E-state index contributed by atoms with van der Waals surface area (Å²) in [6.45, 7) is 0. The van der Waals surface area contributed by atoms with E-state index in [9.17, 15) is 9.59 Å². The van der Waals surface area contributed by atoms with Gasteiger partial charge in [-0.3, -0.25) is 4.79 Å². The van der Waals surface area contributed by atoms with Crippen LogP contribution in [0, 0.1) is 0 Å². The number of carboxylic acid groups (broad SMARTS) is 2. The lowest BCUT2D eigenvalue weighted by Crippen LogP contribution is -2.52. The Kier molecular flexibility index (Phi) is 5.40. The average molecular weight is 232 g/mol. The predicted molar refractivity (Wildman–Crippen MR) is 57.0 cm³/mol. The van der Waals surface area contributed by atoms with Crippen LogP contribution in [0.5, 0.6) is 0 Å². The van der Waals surface area contributed by atoms with Crippen molar-refractivity contribution < 1.29 is 19.8 Å². The van der Waals surface area contributed by atoms with E-state index in [4.69, 9.17) is 10.2 Å². The first-order chi connectivity index (χ1) is 7.25. The zero-order chi connectivity index (χ0) is 12.9. The molecule has 0 aliphatic carbocycles. The Morgan fingerprint density at radius 2 is 1.69 bits per heavy atom. The van der Waals surface area contributed by atoms with Crippen molar-refractivity contribution in [2.45, 2.75) is 6.04 Å². The minimum Gasteiger partial charge on any atom is -0.480 e. The van der Waals surface area contributed by atoms with Gasteiger partial charge in [-0.05, 0) is 0 Å². The summed E-state index contributed by atoms with van der Waals surface area (Å²) in [5.74, 6) is -2.69. The Balaban J connectivity index is 5.11. The highest BCUT2D eigenvalue weighted by Gasteiger charge is 2.30. The fourth-order valence-electron chi connectivity index (χ4n) is 0.931. The molecule has 16 heavy (non-hydrogen) atoms. The van der Waals surface area contributed by atoms with Gasteiger partial charge in [-0.15, -0.1) is 0 Å². The standard InChI is InChI=1S/C8H16N4O4/c1-11(2)9-5(7(13)14)6(8(15)16)10-12(3)4/h5,9H,1-4H3,(H,13,14)(H,15,16)/b10-6+/t5-/m1/s1. The van der Waals surface area contributed by atoms with Crippen LogP contribution in [-0.2, 0) is 9.59 Å². The summed E-state index contributed by atoms with van der Waals surface area (Å²) in [4.78, 5) is 21.8. The van der Waals surface area contributed by atoms with E-state index >= 15 is 0 Å². The molecule has 0 heterocycles. The first kappa shape index (κ1) is 14.3. The smallest absolute Gasteiger partial charge is 0.354 e. The number of nitrogens with one attached hydrogen (secondary N) is 1. The van der Waals surface area contributed by atoms with E-state index in [0.29, 0.717) is 0 Å². The maximum Gasteiger partial charge on any atom is 0.354 e. The zero-order valence-corrected chi connectivity index (χ0v) is 9.63. The van der Waals surface area contributed by atoms with Crippen LogP contribution in [0.3, 0.4) is 0 Å². The van der Waals surface area contributed by atoms with Gasteiger partial charge < -0.3 is 15.2 Å². The highest BCUT2D eigenvalue weighted by atomic mass is 16.4. The molecule has 0 fully saturated rings. The summed E-state index contributed by atoms with van der Waals surface area (Å²) in [6.07, 6.45) is 0. The maximum atomic E-state index is 10.9. The monoisotopic (exact) mass is 232 g/mol. The molecule has 0 aliphatic heterocycles. The molecule has 3 N–H and O–H groups in total. The second-order valence-electron chi connectivity index (χ2n) is 3.43. The van der Waals surface area contributed by atoms with Gasteiger partial charge in [-0.2, -0.15) is 5.10 Å². The molecule has 0 saturated heterocycles. The normalized spacial score (nSPS) is 13.7. The molecule has 0 bridgehead atoms. The molecule has 8 nitrogen and oxygen atoms in total. The Bertz CT molecular complexity index is 300. The first-order valence-electron chi connectivity index (χ1n) is 4.41. The minimum absolute atomic E-state index is 0.480. The topological polar surface area (TPSA) is 105 Å². The van der Waals surface area contributed by atoms with E-state index in [1.165, 1.54) is 24.1 Å². The van der Waals surface area contributed by atoms with E-state index in [-0.39, 0.29) is 0 Å². The third-order valence-electron chi connectivity index (χ3n) is 1.43. The van der Waals surface area contributed by atoms with Crippen LogP contribution in [0.4, 0.5) is 0 Å². The van der Waals surface area contributed by atoms with Crippen LogP contribution < -0.4 is 5.43 Å². The molecule has 0 rings (SSSR count). The molecule has 0 aromatic rings. The molecule has 0 unspecified atom stereocenters. The van der Waals surface area contributed by atoms with Crippen molar-refractivity contribution in [1.82, 2.24) is 15.4 Å². The lowest BCUT2D eigenvalue weighted by molar-refractivity contribution is -0.140. The summed E-state index contributed by atoms with van der Waals surface area (Å²) in [5, 5.41) is 24.0. The summed E-state index contributed by atoms with van der Waals surface area (Å²) in [7, 11) is 6.14. The number of hydrazone groups is 1. The lowest BCUT2D eigenvalue weighted by Gasteiger charge is -2.20. The largest absolute Gasteiger partial charge is 0.480 e. The average Bonchev–Trinajstić information content (AvgIpc) is 2.09. The van der Waals surface area contributed by atoms with Gasteiger partial charge in [0.15, 0.2) is 11.8 Å². The highest BCUT2D eigenvalue weighted by Crippen LogP contribution is 1.94. The summed E-state index contributed by atoms with van der Waals surface area (Å²) in [5.41, 5.74) is 1.98. The van der Waals surface area contributed by atoms with Gasteiger partial charge in [0.1, 0.15) is 0 Å². The number of hydrogen-bond donors (Lipinski definition) is 3. The number of hydrogen-bond acceptors (Lipinski definition) is 6. The van der Waals surface area contributed by atoms with Gasteiger partial charge in [0, 0.05) is 28.2 Å². The molecule has 8 heteroatoms. The van der Waals surface area contributed by atoms with Gasteiger partial charge in [0.25, 0.3) is 0 Å². The fourth-order valence-corrected chi connectivity index (χ4v) is 0.931. The van der Waals surface area contributed by atoms with E-state index in [0.717, 1.165) is 0 Å². The number of nitrogens with zero attached hydrogens (tertiary/aromatic N) is 3. The molecule has 0 aromatic heterocycles. The van der Waals surface area contributed by atoms with Crippen LogP contribution in [0.15, 0.2) is 5.10 Å². The van der Waals surface area contributed by atoms with Crippen molar-refractivity contribution in [3.05, 3.63) is 0 Å². The van der Waals surface area contributed by atoms with Crippen molar-refractivity contribution in [1.29, 1.82) is 0 Å². The van der Waals surface area contributed by atoms with Crippen molar-refractivity contribution in [3.63, 3.8) is 0 Å². The predicted octanol–water partition coefficient (Wildman–Crippen LogP) is -1.49. The molecule has 92 valence electrons. The van der Waals surface area contributed by atoms with Crippen LogP contribution in [0.2, 0.25) is 0 Å². The molecular formula is C8H16N4O4. The second kappa shape index (κ2) is 6.03. The van der Waals surface area contributed by atoms with Gasteiger partial charge in [-0.1, -0.05) is 0 Å². The molecule has 0 radical (unpaired) electrons. The SMILES string of the molecule is CN(C)/N=C(/C(=O)O)[C@@H](NN(C)C)C(=O)O. The number of rotatable bonds is 6. The summed E-state index contributed by atoms with van der Waals surface area (Å²) >= 11 is 0. The van der Waals surface area contributed by atoms with Crippen molar-refractivity contribution >= 4 is 17.7 Å². The number of hydrazine groups is 1. The van der Waals surface area contributed by atoms with Gasteiger partial charge in [0.2, 0.25) is 0 Å². The molecule has 0 aliphatic rings. The van der Waals surface area contributed by atoms with Crippen molar-refractivity contribution in [2.24, 2.45) is 5.10 Å². The molecule has 0 saturated carbocycles. The zero-order valence-electron chi connectivity index (χ0n) is 9.63. The summed E-state index contributed by atoms with van der Waals surface area (Å²) in [6, 6.07) is -1.39. The quantitative estimate of drug-likeness (QED) is 0.378. The Morgan fingerprint density at radius 3 is 1.94 bits per heavy atom. The maximum absolute atomic E-state index is 10.9. The summed E-state index contributed by atoms with van der Waals surface area (Å²) < 4.78 is 0. The van der Waals surface area contributed by atoms with Crippen LogP contribution in [0.1, 0.15) is 0 Å². The molecule has 0 aromatic carbocycles. The fraction of sp³-hybridized carbons (Fsp3) is 0.625. The van der Waals surface area contributed by atoms with Gasteiger partial charge in [-0.25, -0.2) is 15.2 Å². The van der Waals surface area contributed by atoms with E-state index in [1.807, 2.05) is 0 Å². The highest BCUT2D eigenvalue weighted by molar-refractivity contribution is 6.41. The second-order valence-corrected chi connectivity index (χ2v) is 3.43. The third kappa shape index (κ3) is 4.71. The molecule has 0 spiro atoms. The van der Waals surface area contributed by atoms with Gasteiger partial charge in [0.05, 0.1) is 0 Å². The molecule has 0 amide bonds. The molecular weight excluding hydrogens is 216 g/mol. The van der Waals surface area contributed by atoms with Crippen LogP contribution >= 0.6 is 0 Å². The number of carbonyl (C=O) groups is 2. The van der Waals surface area contributed by atoms with Crippen LogP contribution in [0.25, 0.3) is 0 Å². The lowest BCUT2D eigenvalue weighted by atomic mass is 10.2. The van der Waals surface area contributed by atoms with Crippen LogP contribution in [-0.4, -0.2) is 72.1 Å². The van der Waals surface area contributed by atoms with Crippen molar-refractivity contribution in [3.8, 4) is 0 Å². The van der Waals surface area contributed by atoms with E-state index in [2.05, 4.69) is 10.5 Å². The van der Waals surface area contributed by atoms with E-state index in [1.54, 1.807) is 14.1 Å². The number of aliphatic carboxylic acids is 2. The Hall–Kier alpha value is -1.67. The van der Waals surface area contributed by atoms with E-state index < -0.39 is 23.7 Å². The third-order valence-corrected chi connectivity index (χ3v) is 1.43. The Morgan fingerprint density at radius 1 is 1.19 bits per heavy atom. The number of carboxylic acids is 2.